The van der Waals surface area contributed by atoms with Gasteiger partial charge in [-0.15, -0.1) is 0 Å². The molecule has 1 aliphatic rings. The molecular weight excluding hydrogens is 334 g/mol. The lowest BCUT2D eigenvalue weighted by atomic mass is 10.1. The zero-order valence-corrected chi connectivity index (χ0v) is 14.6. The summed E-state index contributed by atoms with van der Waals surface area (Å²) in [6.07, 6.45) is 3.44. The first kappa shape index (κ1) is 17.7. The summed E-state index contributed by atoms with van der Waals surface area (Å²) in [6, 6.07) is 8.18. The van der Waals surface area contributed by atoms with Crippen LogP contribution in [0.15, 0.2) is 41.0 Å². The van der Waals surface area contributed by atoms with Gasteiger partial charge in [0.15, 0.2) is 5.76 Å². The number of amides is 3. The summed E-state index contributed by atoms with van der Waals surface area (Å²) < 4.78 is 5.07. The number of nitrogens with zero attached hydrogens (tertiary/aromatic N) is 1. The van der Waals surface area contributed by atoms with Gasteiger partial charge in [0.1, 0.15) is 0 Å². The van der Waals surface area contributed by atoms with Gasteiger partial charge in [-0.25, -0.2) is 0 Å². The van der Waals surface area contributed by atoms with E-state index in [1.54, 1.807) is 35.2 Å². The number of rotatable bonds is 5. The lowest BCUT2D eigenvalue weighted by Crippen LogP contribution is -2.38. The summed E-state index contributed by atoms with van der Waals surface area (Å²) in [5.74, 6) is -0.629. The highest BCUT2D eigenvalue weighted by atomic mass is 16.3. The quantitative estimate of drug-likeness (QED) is 0.860. The fraction of sp³-hybridized carbons (Fsp3) is 0.316. The largest absolute Gasteiger partial charge is 0.459 e. The van der Waals surface area contributed by atoms with Crippen LogP contribution in [0.1, 0.15) is 39.3 Å². The minimum Gasteiger partial charge on any atom is -0.459 e. The van der Waals surface area contributed by atoms with Crippen LogP contribution < -0.4 is 10.6 Å². The zero-order chi connectivity index (χ0) is 18.5. The van der Waals surface area contributed by atoms with Gasteiger partial charge >= 0.3 is 0 Å². The molecule has 7 nitrogen and oxygen atoms in total. The molecule has 0 bridgehead atoms. The Morgan fingerprint density at radius 2 is 1.88 bits per heavy atom. The highest BCUT2D eigenvalue weighted by Gasteiger charge is 2.19. The Morgan fingerprint density at radius 3 is 2.58 bits per heavy atom. The van der Waals surface area contributed by atoms with E-state index in [1.807, 2.05) is 6.92 Å². The van der Waals surface area contributed by atoms with Crippen LogP contribution in [-0.2, 0) is 4.79 Å². The molecule has 0 aliphatic carbocycles. The number of nitrogens with one attached hydrogen (secondary N) is 2. The Morgan fingerprint density at radius 1 is 1.12 bits per heavy atom. The van der Waals surface area contributed by atoms with Crippen LogP contribution in [0.3, 0.4) is 0 Å². The fourth-order valence-corrected chi connectivity index (χ4v) is 2.83. The number of benzene rings is 1. The summed E-state index contributed by atoms with van der Waals surface area (Å²) in [4.78, 5) is 38.2. The van der Waals surface area contributed by atoms with Crippen LogP contribution in [0.2, 0.25) is 0 Å². The predicted octanol–water partition coefficient (Wildman–Crippen LogP) is 2.19. The standard InChI is InChI=1S/C19H21N3O4/c1-13-6-7-14(11-15(13)21-19(25)16-5-4-10-26-16)18(24)20-12-17(23)22-8-2-3-9-22/h4-7,10-11H,2-3,8-9,12H2,1H3,(H,20,24)(H,21,25). The van der Waals surface area contributed by atoms with Crippen molar-refractivity contribution in [1.82, 2.24) is 10.2 Å². The van der Waals surface area contributed by atoms with Crippen LogP contribution in [0.4, 0.5) is 5.69 Å². The molecule has 1 fully saturated rings. The molecule has 1 aromatic heterocycles. The average molecular weight is 355 g/mol. The second-order valence-electron chi connectivity index (χ2n) is 6.23. The number of likely N-dealkylation sites (tertiary alicyclic amines) is 1. The third kappa shape index (κ3) is 4.11. The molecule has 7 heteroatoms. The van der Waals surface area contributed by atoms with Gasteiger partial charge in [0, 0.05) is 24.3 Å². The molecule has 0 atom stereocenters. The molecule has 2 heterocycles. The van der Waals surface area contributed by atoms with E-state index in [9.17, 15) is 14.4 Å². The maximum atomic E-state index is 12.3. The van der Waals surface area contributed by atoms with Crippen LogP contribution >= 0.6 is 0 Å². The van der Waals surface area contributed by atoms with Crippen LogP contribution in [-0.4, -0.2) is 42.3 Å². The smallest absolute Gasteiger partial charge is 0.291 e. The van der Waals surface area contributed by atoms with Crippen molar-refractivity contribution in [2.24, 2.45) is 0 Å². The fourth-order valence-electron chi connectivity index (χ4n) is 2.83. The predicted molar refractivity (Wildman–Crippen MR) is 96.0 cm³/mol. The molecule has 0 spiro atoms. The molecule has 0 radical (unpaired) electrons. The SMILES string of the molecule is Cc1ccc(C(=O)NCC(=O)N2CCCC2)cc1NC(=O)c1ccco1. The van der Waals surface area contributed by atoms with E-state index in [0.717, 1.165) is 31.5 Å². The number of carbonyl (C=O) groups is 3. The molecule has 1 aliphatic heterocycles. The average Bonchev–Trinajstić information content (AvgIpc) is 3.34. The van der Waals surface area contributed by atoms with E-state index >= 15 is 0 Å². The highest BCUT2D eigenvalue weighted by Crippen LogP contribution is 2.18. The van der Waals surface area contributed by atoms with Crippen molar-refractivity contribution in [2.45, 2.75) is 19.8 Å². The Labute approximate surface area is 151 Å². The monoisotopic (exact) mass is 355 g/mol. The molecule has 3 rings (SSSR count). The van der Waals surface area contributed by atoms with Crippen molar-refractivity contribution in [3.63, 3.8) is 0 Å². The lowest BCUT2D eigenvalue weighted by Gasteiger charge is -2.15. The Kier molecular flexibility index (Phi) is 5.36. The van der Waals surface area contributed by atoms with Gasteiger partial charge in [0.05, 0.1) is 12.8 Å². The molecule has 1 saturated heterocycles. The molecule has 2 aromatic rings. The zero-order valence-electron chi connectivity index (χ0n) is 14.6. The van der Waals surface area contributed by atoms with Gasteiger partial charge in [-0.05, 0) is 49.6 Å². The molecule has 26 heavy (non-hydrogen) atoms. The minimum atomic E-state index is -0.389. The normalized spacial score (nSPS) is 13.5. The van der Waals surface area contributed by atoms with Crippen molar-refractivity contribution in [3.05, 3.63) is 53.5 Å². The second-order valence-corrected chi connectivity index (χ2v) is 6.23. The topological polar surface area (TPSA) is 91.7 Å². The van der Waals surface area contributed by atoms with E-state index in [0.29, 0.717) is 11.3 Å². The molecule has 0 unspecified atom stereocenters. The molecule has 136 valence electrons. The summed E-state index contributed by atoms with van der Waals surface area (Å²) in [7, 11) is 0. The second kappa shape index (κ2) is 7.86. The number of aryl methyl sites for hydroxylation is 1. The van der Waals surface area contributed by atoms with Crippen LogP contribution in [0, 0.1) is 6.92 Å². The van der Waals surface area contributed by atoms with Crippen molar-refractivity contribution in [3.8, 4) is 0 Å². The van der Waals surface area contributed by atoms with Crippen molar-refractivity contribution >= 4 is 23.4 Å². The van der Waals surface area contributed by atoms with E-state index in [4.69, 9.17) is 4.42 Å². The third-order valence-electron chi connectivity index (χ3n) is 4.35. The molecule has 0 saturated carbocycles. The van der Waals surface area contributed by atoms with E-state index in [-0.39, 0.29) is 30.0 Å². The molecule has 2 N–H and O–H groups in total. The van der Waals surface area contributed by atoms with Crippen LogP contribution in [0.25, 0.3) is 0 Å². The number of hydrogen-bond acceptors (Lipinski definition) is 4. The first-order valence-electron chi connectivity index (χ1n) is 8.56. The summed E-state index contributed by atoms with van der Waals surface area (Å²) in [5, 5.41) is 5.37. The van der Waals surface area contributed by atoms with Gasteiger partial charge in [0.2, 0.25) is 5.91 Å². The Balaban J connectivity index is 1.63. The number of carbonyl (C=O) groups excluding carboxylic acids is 3. The Hall–Kier alpha value is -3.09. The van der Waals surface area contributed by atoms with E-state index < -0.39 is 0 Å². The summed E-state index contributed by atoms with van der Waals surface area (Å²) in [5.41, 5.74) is 1.71. The lowest BCUT2D eigenvalue weighted by molar-refractivity contribution is -0.129. The van der Waals surface area contributed by atoms with Gasteiger partial charge in [-0.3, -0.25) is 14.4 Å². The first-order chi connectivity index (χ1) is 12.5. The minimum absolute atomic E-state index is 0.0270. The summed E-state index contributed by atoms with van der Waals surface area (Å²) >= 11 is 0. The van der Waals surface area contributed by atoms with E-state index in [2.05, 4.69) is 10.6 Å². The van der Waals surface area contributed by atoms with Gasteiger partial charge < -0.3 is 20.0 Å². The third-order valence-corrected chi connectivity index (χ3v) is 4.35. The van der Waals surface area contributed by atoms with Gasteiger partial charge in [0.25, 0.3) is 11.8 Å². The van der Waals surface area contributed by atoms with E-state index in [1.165, 1.54) is 6.26 Å². The number of furan rings is 1. The number of hydrogen-bond donors (Lipinski definition) is 2. The van der Waals surface area contributed by atoms with Gasteiger partial charge in [-0.2, -0.15) is 0 Å². The van der Waals surface area contributed by atoms with Gasteiger partial charge in [-0.1, -0.05) is 6.07 Å². The van der Waals surface area contributed by atoms with Crippen molar-refractivity contribution < 1.29 is 18.8 Å². The maximum Gasteiger partial charge on any atom is 0.291 e. The van der Waals surface area contributed by atoms with Crippen LogP contribution in [0.5, 0.6) is 0 Å². The Bertz CT molecular complexity index is 808. The summed E-state index contributed by atoms with van der Waals surface area (Å²) in [6.45, 7) is 3.31. The maximum absolute atomic E-state index is 12.3. The molecule has 1 aromatic carbocycles. The first-order valence-corrected chi connectivity index (χ1v) is 8.56. The highest BCUT2D eigenvalue weighted by molar-refractivity contribution is 6.04. The van der Waals surface area contributed by atoms with Crippen molar-refractivity contribution in [1.29, 1.82) is 0 Å². The number of anilines is 1. The molecular formula is C19H21N3O4. The van der Waals surface area contributed by atoms with Crippen molar-refractivity contribution in [2.75, 3.05) is 25.0 Å². The molecule has 3 amide bonds.